The van der Waals surface area contributed by atoms with Gasteiger partial charge in [0.1, 0.15) is 11.6 Å². The molecule has 1 amide bonds. The van der Waals surface area contributed by atoms with Gasteiger partial charge in [0, 0.05) is 6.26 Å². The van der Waals surface area contributed by atoms with E-state index in [2.05, 4.69) is 26.2 Å². The van der Waals surface area contributed by atoms with E-state index in [4.69, 9.17) is 5.73 Å². The van der Waals surface area contributed by atoms with Gasteiger partial charge in [-0.15, -0.1) is 0 Å². The van der Waals surface area contributed by atoms with Crippen LogP contribution in [0.5, 0.6) is 0 Å². The Labute approximate surface area is 101 Å². The highest BCUT2D eigenvalue weighted by atomic mass is 79.9. The van der Waals surface area contributed by atoms with Crippen molar-refractivity contribution in [2.24, 2.45) is 0 Å². The lowest BCUT2D eigenvalue weighted by molar-refractivity contribution is -0.113. The molecule has 1 aromatic rings. The lowest BCUT2D eigenvalue weighted by atomic mass is 10.4. The Bertz CT molecular complexity index is 515. The van der Waals surface area contributed by atoms with Gasteiger partial charge in [0.2, 0.25) is 5.91 Å². The topological polar surface area (TPSA) is 102 Å². The van der Waals surface area contributed by atoms with Crippen LogP contribution in [0.25, 0.3) is 0 Å². The van der Waals surface area contributed by atoms with Crippen molar-refractivity contribution in [3.63, 3.8) is 0 Å². The van der Waals surface area contributed by atoms with Gasteiger partial charge in [-0.1, -0.05) is 0 Å². The fourth-order valence-electron chi connectivity index (χ4n) is 0.951. The van der Waals surface area contributed by atoms with Gasteiger partial charge in [-0.2, -0.15) is 0 Å². The van der Waals surface area contributed by atoms with Crippen LogP contribution in [0.4, 0.5) is 11.5 Å². The molecule has 3 N–H and O–H groups in total. The SMILES string of the molecule is CS(=O)(=O)CC(=O)Nc1ncc(N)cc1Br. The molecule has 0 aromatic carbocycles. The molecule has 0 fully saturated rings. The smallest absolute Gasteiger partial charge is 0.240 e. The van der Waals surface area contributed by atoms with E-state index in [9.17, 15) is 13.2 Å². The highest BCUT2D eigenvalue weighted by Crippen LogP contribution is 2.21. The maximum absolute atomic E-state index is 11.3. The minimum Gasteiger partial charge on any atom is -0.397 e. The van der Waals surface area contributed by atoms with Crippen LogP contribution in [-0.2, 0) is 14.6 Å². The second-order valence-electron chi connectivity index (χ2n) is 3.22. The third kappa shape index (κ3) is 4.15. The number of amides is 1. The van der Waals surface area contributed by atoms with Crippen molar-refractivity contribution in [1.82, 2.24) is 4.98 Å². The fourth-order valence-corrected chi connectivity index (χ4v) is 1.97. The molecule has 0 atom stereocenters. The first-order chi connectivity index (χ1) is 7.28. The molecule has 0 bridgehead atoms. The maximum Gasteiger partial charge on any atom is 0.240 e. The maximum atomic E-state index is 11.3. The molecule has 6 nitrogen and oxygen atoms in total. The molecule has 0 saturated heterocycles. The average molecular weight is 308 g/mol. The third-order valence-corrected chi connectivity index (χ3v) is 2.90. The summed E-state index contributed by atoms with van der Waals surface area (Å²) in [5.74, 6) is -0.978. The zero-order chi connectivity index (χ0) is 12.3. The Morgan fingerprint density at radius 2 is 2.25 bits per heavy atom. The molecule has 0 unspecified atom stereocenters. The number of carbonyl (C=O) groups excluding carboxylic acids is 1. The number of nitrogens with two attached hydrogens (primary N) is 1. The standard InChI is InChI=1S/C8H10BrN3O3S/c1-16(14,15)4-7(13)12-8-6(9)2-5(10)3-11-8/h2-3H,4,10H2,1H3,(H,11,12,13). The van der Waals surface area contributed by atoms with Crippen LogP contribution in [0.3, 0.4) is 0 Å². The lowest BCUT2D eigenvalue weighted by Gasteiger charge is -2.05. The van der Waals surface area contributed by atoms with E-state index >= 15 is 0 Å². The van der Waals surface area contributed by atoms with Crippen LogP contribution in [0.1, 0.15) is 0 Å². The van der Waals surface area contributed by atoms with Crippen molar-refractivity contribution >= 4 is 43.2 Å². The molecule has 0 spiro atoms. The van der Waals surface area contributed by atoms with Crippen molar-refractivity contribution in [2.45, 2.75) is 0 Å². The number of nitrogens with zero attached hydrogens (tertiary/aromatic N) is 1. The Kier molecular flexibility index (Phi) is 3.87. The minimum atomic E-state index is -3.34. The molecular formula is C8H10BrN3O3S. The molecule has 1 aromatic heterocycles. The molecule has 0 saturated carbocycles. The van der Waals surface area contributed by atoms with Crippen LogP contribution in [-0.4, -0.2) is 31.3 Å². The van der Waals surface area contributed by atoms with E-state index in [1.54, 1.807) is 6.07 Å². The van der Waals surface area contributed by atoms with Crippen molar-refractivity contribution in [2.75, 3.05) is 23.1 Å². The first-order valence-electron chi connectivity index (χ1n) is 4.16. The van der Waals surface area contributed by atoms with Crippen LogP contribution >= 0.6 is 15.9 Å². The summed E-state index contributed by atoms with van der Waals surface area (Å²) in [5.41, 5.74) is 5.90. The predicted octanol–water partition coefficient (Wildman–Crippen LogP) is 0.409. The van der Waals surface area contributed by atoms with Crippen molar-refractivity contribution in [1.29, 1.82) is 0 Å². The number of hydrogen-bond donors (Lipinski definition) is 2. The monoisotopic (exact) mass is 307 g/mol. The Balaban J connectivity index is 2.78. The van der Waals surface area contributed by atoms with E-state index in [0.717, 1.165) is 6.26 Å². The number of hydrogen-bond acceptors (Lipinski definition) is 5. The highest BCUT2D eigenvalue weighted by molar-refractivity contribution is 9.10. The molecule has 16 heavy (non-hydrogen) atoms. The molecule has 0 aliphatic rings. The normalized spacial score (nSPS) is 11.1. The molecule has 8 heteroatoms. The molecule has 0 radical (unpaired) electrons. The van der Waals surface area contributed by atoms with Crippen LogP contribution in [0.15, 0.2) is 16.7 Å². The minimum absolute atomic E-state index is 0.239. The van der Waals surface area contributed by atoms with Gasteiger partial charge in [-0.05, 0) is 22.0 Å². The number of aromatic nitrogens is 1. The summed E-state index contributed by atoms with van der Waals surface area (Å²) in [6, 6.07) is 1.56. The average Bonchev–Trinajstić information content (AvgIpc) is 2.06. The van der Waals surface area contributed by atoms with Gasteiger partial charge in [0.25, 0.3) is 0 Å². The second-order valence-corrected chi connectivity index (χ2v) is 6.21. The largest absolute Gasteiger partial charge is 0.397 e. The van der Waals surface area contributed by atoms with Gasteiger partial charge < -0.3 is 11.1 Å². The number of anilines is 2. The van der Waals surface area contributed by atoms with Crippen LogP contribution in [0, 0.1) is 0 Å². The van der Waals surface area contributed by atoms with E-state index in [1.807, 2.05) is 0 Å². The summed E-state index contributed by atoms with van der Waals surface area (Å²) < 4.78 is 22.2. The quantitative estimate of drug-likeness (QED) is 0.842. The van der Waals surface area contributed by atoms with Crippen LogP contribution < -0.4 is 11.1 Å². The molecule has 0 aliphatic heterocycles. The van der Waals surface area contributed by atoms with Gasteiger partial charge in [-0.25, -0.2) is 13.4 Å². The number of nitrogen functional groups attached to an aromatic ring is 1. The van der Waals surface area contributed by atoms with Crippen molar-refractivity contribution in [3.8, 4) is 0 Å². The van der Waals surface area contributed by atoms with Gasteiger partial charge >= 0.3 is 0 Å². The number of rotatable bonds is 3. The summed E-state index contributed by atoms with van der Waals surface area (Å²) >= 11 is 3.15. The highest BCUT2D eigenvalue weighted by Gasteiger charge is 2.12. The summed E-state index contributed by atoms with van der Waals surface area (Å²) in [7, 11) is -3.34. The molecular weight excluding hydrogens is 298 g/mol. The first kappa shape index (κ1) is 12.9. The Hall–Kier alpha value is -1.15. The first-order valence-corrected chi connectivity index (χ1v) is 7.02. The molecule has 1 heterocycles. The number of nitrogens with one attached hydrogen (secondary N) is 1. The van der Waals surface area contributed by atoms with Crippen LogP contribution in [0.2, 0.25) is 0 Å². The molecule has 0 aliphatic carbocycles. The van der Waals surface area contributed by atoms with E-state index < -0.39 is 21.5 Å². The number of sulfone groups is 1. The summed E-state index contributed by atoms with van der Waals surface area (Å²) in [5, 5.41) is 2.36. The zero-order valence-corrected chi connectivity index (χ0v) is 10.8. The Morgan fingerprint density at radius 1 is 1.62 bits per heavy atom. The van der Waals surface area contributed by atoms with Crippen molar-refractivity contribution in [3.05, 3.63) is 16.7 Å². The summed E-state index contributed by atoms with van der Waals surface area (Å²) in [6.07, 6.45) is 2.35. The van der Waals surface area contributed by atoms with Gasteiger partial charge in [0.15, 0.2) is 9.84 Å². The van der Waals surface area contributed by atoms with E-state index in [1.165, 1.54) is 6.20 Å². The molecule has 1 rings (SSSR count). The predicted molar refractivity (Wildman–Crippen MR) is 64.7 cm³/mol. The van der Waals surface area contributed by atoms with E-state index in [0.29, 0.717) is 10.2 Å². The zero-order valence-electron chi connectivity index (χ0n) is 8.40. The third-order valence-electron chi connectivity index (χ3n) is 1.51. The fraction of sp³-hybridized carbons (Fsp3) is 0.250. The number of pyridine rings is 1. The Morgan fingerprint density at radius 3 is 2.75 bits per heavy atom. The van der Waals surface area contributed by atoms with Gasteiger partial charge in [0.05, 0.1) is 16.4 Å². The number of halogens is 1. The molecule has 88 valence electrons. The second kappa shape index (κ2) is 4.79. The lowest BCUT2D eigenvalue weighted by Crippen LogP contribution is -2.22. The summed E-state index contributed by atoms with van der Waals surface area (Å²) in [6.45, 7) is 0. The van der Waals surface area contributed by atoms with E-state index in [-0.39, 0.29) is 5.82 Å². The van der Waals surface area contributed by atoms with Gasteiger partial charge in [-0.3, -0.25) is 4.79 Å². The summed E-state index contributed by atoms with van der Waals surface area (Å²) in [4.78, 5) is 15.1. The van der Waals surface area contributed by atoms with Crippen molar-refractivity contribution < 1.29 is 13.2 Å². The number of carbonyl (C=O) groups is 1.